The van der Waals surface area contributed by atoms with Crippen LogP contribution in [0.5, 0.6) is 5.75 Å². The molecule has 1 heterocycles. The molecule has 3 aromatic carbocycles. The van der Waals surface area contributed by atoms with Crippen molar-refractivity contribution >= 4 is 11.6 Å². The van der Waals surface area contributed by atoms with E-state index in [4.69, 9.17) is 4.74 Å². The van der Waals surface area contributed by atoms with Crippen molar-refractivity contribution in [3.63, 3.8) is 0 Å². The summed E-state index contributed by atoms with van der Waals surface area (Å²) in [6, 6.07) is 22.3. The molecule has 0 unspecified atom stereocenters. The number of aromatic nitrogens is 3. The van der Waals surface area contributed by atoms with Crippen molar-refractivity contribution in [2.75, 3.05) is 11.9 Å². The number of anilines is 1. The molecule has 1 amide bonds. The number of nitrogens with one attached hydrogen (secondary N) is 1. The van der Waals surface area contributed by atoms with Crippen LogP contribution in [0.15, 0.2) is 78.9 Å². The lowest BCUT2D eigenvalue weighted by molar-refractivity contribution is 0.101. The fraction of sp³-hybridized carbons (Fsp3) is 0.0870. The molecule has 0 aliphatic rings. The molecule has 1 aromatic heterocycles. The number of rotatable bonds is 6. The molecule has 6 nitrogen and oxygen atoms in total. The molecule has 0 saturated carbocycles. The summed E-state index contributed by atoms with van der Waals surface area (Å²) in [7, 11) is 0. The Morgan fingerprint density at radius 1 is 1.00 bits per heavy atom. The lowest BCUT2D eigenvalue weighted by atomic mass is 10.2. The predicted octanol–water partition coefficient (Wildman–Crippen LogP) is 4.72. The minimum atomic E-state index is -0.447. The molecule has 1 N–H and O–H groups in total. The van der Waals surface area contributed by atoms with Crippen LogP contribution in [0, 0.1) is 5.82 Å². The third-order valence-electron chi connectivity index (χ3n) is 4.34. The highest BCUT2D eigenvalue weighted by atomic mass is 19.1. The van der Waals surface area contributed by atoms with Crippen molar-refractivity contribution in [1.82, 2.24) is 14.8 Å². The molecule has 0 aliphatic carbocycles. The molecule has 30 heavy (non-hydrogen) atoms. The van der Waals surface area contributed by atoms with Crippen LogP contribution < -0.4 is 10.1 Å². The summed E-state index contributed by atoms with van der Waals surface area (Å²) in [5, 5.41) is 7.16. The second-order valence-corrected chi connectivity index (χ2v) is 6.42. The van der Waals surface area contributed by atoms with Crippen LogP contribution in [0.25, 0.3) is 17.1 Å². The first-order valence-electron chi connectivity index (χ1n) is 9.46. The predicted molar refractivity (Wildman–Crippen MR) is 112 cm³/mol. The molecule has 4 aromatic rings. The quantitative estimate of drug-likeness (QED) is 0.506. The first-order valence-corrected chi connectivity index (χ1v) is 9.46. The number of carbonyl (C=O) groups is 1. The molecule has 0 atom stereocenters. The van der Waals surface area contributed by atoms with Gasteiger partial charge in [-0.3, -0.25) is 4.79 Å². The number of carbonyl (C=O) groups excluding carboxylic acids is 1. The number of hydrogen-bond acceptors (Lipinski definition) is 4. The molecule has 0 fully saturated rings. The van der Waals surface area contributed by atoms with Crippen LogP contribution in [-0.4, -0.2) is 27.3 Å². The van der Waals surface area contributed by atoms with Crippen LogP contribution in [0.4, 0.5) is 10.1 Å². The van der Waals surface area contributed by atoms with E-state index in [9.17, 15) is 9.18 Å². The van der Waals surface area contributed by atoms with Crippen molar-refractivity contribution in [3.8, 4) is 22.8 Å². The van der Waals surface area contributed by atoms with Crippen LogP contribution >= 0.6 is 0 Å². The summed E-state index contributed by atoms with van der Waals surface area (Å²) in [4.78, 5) is 17.2. The van der Waals surface area contributed by atoms with Gasteiger partial charge in [0.1, 0.15) is 11.6 Å². The molecule has 0 spiro atoms. The largest absolute Gasteiger partial charge is 0.494 e. The fourth-order valence-corrected chi connectivity index (χ4v) is 2.93. The SMILES string of the molecule is CCOc1ccc(NC(=O)c2nc(-c3ccccc3)n(-c3ccc(F)cc3)n2)cc1. The molecular formula is C23H19FN4O2. The highest BCUT2D eigenvalue weighted by Crippen LogP contribution is 2.22. The summed E-state index contributed by atoms with van der Waals surface area (Å²) in [6.07, 6.45) is 0. The second-order valence-electron chi connectivity index (χ2n) is 6.42. The number of benzene rings is 3. The monoisotopic (exact) mass is 402 g/mol. The van der Waals surface area contributed by atoms with Crippen LogP contribution in [0.2, 0.25) is 0 Å². The Labute approximate surface area is 173 Å². The second kappa shape index (κ2) is 8.57. The van der Waals surface area contributed by atoms with Gasteiger partial charge in [-0.25, -0.2) is 14.1 Å². The lowest BCUT2D eigenvalue weighted by Gasteiger charge is -2.06. The highest BCUT2D eigenvalue weighted by molar-refractivity contribution is 6.01. The van der Waals surface area contributed by atoms with Gasteiger partial charge in [0, 0.05) is 11.3 Å². The van der Waals surface area contributed by atoms with Gasteiger partial charge in [-0.1, -0.05) is 30.3 Å². The fourth-order valence-electron chi connectivity index (χ4n) is 2.93. The van der Waals surface area contributed by atoms with Gasteiger partial charge < -0.3 is 10.1 Å². The Bertz CT molecular complexity index is 1140. The van der Waals surface area contributed by atoms with Gasteiger partial charge in [0.05, 0.1) is 12.3 Å². The van der Waals surface area contributed by atoms with Crippen molar-refractivity contribution in [2.24, 2.45) is 0 Å². The summed E-state index contributed by atoms with van der Waals surface area (Å²) in [5.74, 6) is 0.414. The topological polar surface area (TPSA) is 69.0 Å². The van der Waals surface area contributed by atoms with E-state index >= 15 is 0 Å². The summed E-state index contributed by atoms with van der Waals surface area (Å²) in [5.41, 5.74) is 1.99. The van der Waals surface area contributed by atoms with Crippen molar-refractivity contribution in [3.05, 3.63) is 90.5 Å². The first-order chi connectivity index (χ1) is 14.6. The Morgan fingerprint density at radius 3 is 2.37 bits per heavy atom. The summed E-state index contributed by atoms with van der Waals surface area (Å²) in [6.45, 7) is 2.47. The zero-order valence-electron chi connectivity index (χ0n) is 16.2. The van der Waals surface area contributed by atoms with E-state index in [2.05, 4.69) is 15.4 Å². The van der Waals surface area contributed by atoms with Gasteiger partial charge in [-0.15, -0.1) is 5.10 Å². The van der Waals surface area contributed by atoms with Gasteiger partial charge in [-0.2, -0.15) is 0 Å². The van der Waals surface area contributed by atoms with E-state index in [0.717, 1.165) is 11.3 Å². The Kier molecular flexibility index (Phi) is 5.52. The number of halogens is 1. The average molecular weight is 402 g/mol. The minimum absolute atomic E-state index is 0.00654. The maximum absolute atomic E-state index is 13.4. The van der Waals surface area contributed by atoms with Crippen LogP contribution in [0.1, 0.15) is 17.5 Å². The standard InChI is InChI=1S/C23H19FN4O2/c1-2-30-20-14-10-18(11-15-20)25-23(29)21-26-22(16-6-4-3-5-7-16)28(27-21)19-12-8-17(24)9-13-19/h3-15H,2H2,1H3,(H,25,29). The summed E-state index contributed by atoms with van der Waals surface area (Å²) >= 11 is 0. The third kappa shape index (κ3) is 4.20. The van der Waals surface area contributed by atoms with E-state index in [0.29, 0.717) is 23.8 Å². The van der Waals surface area contributed by atoms with E-state index < -0.39 is 5.91 Å². The third-order valence-corrected chi connectivity index (χ3v) is 4.34. The molecule has 0 radical (unpaired) electrons. The molecule has 0 saturated heterocycles. The van der Waals surface area contributed by atoms with Crippen LogP contribution in [-0.2, 0) is 0 Å². The van der Waals surface area contributed by atoms with Crippen molar-refractivity contribution < 1.29 is 13.9 Å². The molecule has 0 aliphatic heterocycles. The van der Waals surface area contributed by atoms with E-state index in [1.54, 1.807) is 36.4 Å². The first kappa shape index (κ1) is 19.3. The van der Waals surface area contributed by atoms with Gasteiger partial charge in [0.15, 0.2) is 5.82 Å². The van der Waals surface area contributed by atoms with E-state index in [-0.39, 0.29) is 11.6 Å². The molecule has 7 heteroatoms. The number of amides is 1. The van der Waals surface area contributed by atoms with Gasteiger partial charge in [-0.05, 0) is 55.5 Å². The van der Waals surface area contributed by atoms with Gasteiger partial charge >= 0.3 is 0 Å². The smallest absolute Gasteiger partial charge is 0.295 e. The van der Waals surface area contributed by atoms with E-state index in [1.165, 1.54) is 16.8 Å². The van der Waals surface area contributed by atoms with Crippen molar-refractivity contribution in [1.29, 1.82) is 0 Å². The zero-order valence-corrected chi connectivity index (χ0v) is 16.2. The lowest BCUT2D eigenvalue weighted by Crippen LogP contribution is -2.14. The Morgan fingerprint density at radius 2 is 1.70 bits per heavy atom. The highest BCUT2D eigenvalue weighted by Gasteiger charge is 2.19. The maximum Gasteiger partial charge on any atom is 0.295 e. The summed E-state index contributed by atoms with van der Waals surface area (Å²) < 4.78 is 20.3. The van der Waals surface area contributed by atoms with Crippen molar-refractivity contribution in [2.45, 2.75) is 6.92 Å². The number of hydrogen-bond donors (Lipinski definition) is 1. The Balaban J connectivity index is 1.66. The minimum Gasteiger partial charge on any atom is -0.494 e. The average Bonchev–Trinajstić information content (AvgIpc) is 3.22. The maximum atomic E-state index is 13.4. The Hall–Kier alpha value is -4.00. The van der Waals surface area contributed by atoms with Gasteiger partial charge in [0.25, 0.3) is 5.91 Å². The van der Waals surface area contributed by atoms with Gasteiger partial charge in [0.2, 0.25) is 5.82 Å². The molecule has 4 rings (SSSR count). The normalized spacial score (nSPS) is 10.6. The van der Waals surface area contributed by atoms with E-state index in [1.807, 2.05) is 37.3 Å². The number of ether oxygens (including phenoxy) is 1. The molecule has 0 bridgehead atoms. The molecule has 150 valence electrons. The zero-order chi connectivity index (χ0) is 20.9. The molecular weight excluding hydrogens is 383 g/mol. The van der Waals surface area contributed by atoms with Crippen LogP contribution in [0.3, 0.4) is 0 Å². The number of nitrogens with zero attached hydrogens (tertiary/aromatic N) is 3.